The number of aromatic nitrogens is 5. The normalized spacial score (nSPS) is 11.8. The average molecular weight is 816 g/mol. The van der Waals surface area contributed by atoms with Crippen molar-refractivity contribution in [3.8, 4) is 56.7 Å². The van der Waals surface area contributed by atoms with Crippen LogP contribution >= 0.6 is 0 Å². The van der Waals surface area contributed by atoms with Crippen molar-refractivity contribution in [1.29, 1.82) is 0 Å². The summed E-state index contributed by atoms with van der Waals surface area (Å²) in [6.45, 7) is 0. The molecule has 5 nitrogen and oxygen atoms in total. The maximum Gasteiger partial charge on any atom is 0.238 e. The van der Waals surface area contributed by atoms with Crippen LogP contribution in [0.3, 0.4) is 0 Å². The molecular formula is C59H37N5. The van der Waals surface area contributed by atoms with Gasteiger partial charge in [0.1, 0.15) is 0 Å². The Labute approximate surface area is 368 Å². The van der Waals surface area contributed by atoms with Gasteiger partial charge in [-0.1, -0.05) is 188 Å². The first-order valence-corrected chi connectivity index (χ1v) is 21.7. The summed E-state index contributed by atoms with van der Waals surface area (Å²) in [4.78, 5) is 15.9. The molecule has 0 amide bonds. The lowest BCUT2D eigenvalue weighted by molar-refractivity contribution is 0.953. The van der Waals surface area contributed by atoms with Gasteiger partial charge in [0.15, 0.2) is 11.6 Å². The number of benzene rings is 10. The van der Waals surface area contributed by atoms with Gasteiger partial charge in [-0.05, 0) is 74.8 Å². The van der Waals surface area contributed by atoms with Crippen LogP contribution in [0, 0.1) is 0 Å². The maximum absolute atomic E-state index is 5.34. The van der Waals surface area contributed by atoms with Crippen LogP contribution in [-0.2, 0) is 0 Å². The van der Waals surface area contributed by atoms with Gasteiger partial charge in [0.05, 0.1) is 22.1 Å². The third-order valence-corrected chi connectivity index (χ3v) is 12.8. The van der Waals surface area contributed by atoms with Crippen LogP contribution in [-0.4, -0.2) is 24.1 Å². The molecule has 0 fully saturated rings. The summed E-state index contributed by atoms with van der Waals surface area (Å²) in [6.07, 6.45) is 0. The lowest BCUT2D eigenvalue weighted by Crippen LogP contribution is -2.06. The zero-order valence-electron chi connectivity index (χ0n) is 34.6. The fraction of sp³-hybridized carbons (Fsp3) is 0. The van der Waals surface area contributed by atoms with Crippen LogP contribution in [0.15, 0.2) is 224 Å². The molecule has 0 saturated heterocycles. The molecule has 13 rings (SSSR count). The lowest BCUT2D eigenvalue weighted by atomic mass is 10.0. The average Bonchev–Trinajstić information content (AvgIpc) is 3.88. The van der Waals surface area contributed by atoms with Crippen molar-refractivity contribution in [1.82, 2.24) is 24.1 Å². The Kier molecular flexibility index (Phi) is 8.15. The summed E-state index contributed by atoms with van der Waals surface area (Å²) in [5.41, 5.74) is 11.9. The van der Waals surface area contributed by atoms with Crippen LogP contribution in [0.25, 0.3) is 122 Å². The minimum Gasteiger partial charge on any atom is -0.309 e. The Balaban J connectivity index is 1.06. The van der Waals surface area contributed by atoms with Crippen LogP contribution in [0.2, 0.25) is 0 Å². The van der Waals surface area contributed by atoms with Crippen LogP contribution < -0.4 is 0 Å². The highest BCUT2D eigenvalue weighted by molar-refractivity contribution is 6.19. The first-order valence-electron chi connectivity index (χ1n) is 21.7. The molecule has 13 aromatic rings. The number of rotatable bonds is 6. The molecule has 0 aliphatic rings. The molecule has 0 spiro atoms. The standard InChI is InChI=1S/C59H37N5/c1-3-13-38(14-4-1)40-23-27-43(28-24-40)57-60-58(44-29-25-41(26-30-44)39-15-5-2-6-16-39)62-59(61-57)64-54-34-32-47(37-52(54)51-35-45-18-7-8-19-46(45)36-55(51)64)63-53-22-12-11-21-49(53)50-33-31-42-17-9-10-20-48(42)56(50)63/h1-37H. The summed E-state index contributed by atoms with van der Waals surface area (Å²) in [5, 5.41) is 9.48. The van der Waals surface area contributed by atoms with Gasteiger partial charge in [-0.3, -0.25) is 4.57 Å². The second-order valence-electron chi connectivity index (χ2n) is 16.5. The Hall–Kier alpha value is -8.67. The number of para-hydroxylation sites is 1. The van der Waals surface area contributed by atoms with E-state index in [-0.39, 0.29) is 0 Å². The molecule has 0 saturated carbocycles. The fourth-order valence-electron chi connectivity index (χ4n) is 9.65. The van der Waals surface area contributed by atoms with Crippen molar-refractivity contribution in [3.63, 3.8) is 0 Å². The molecule has 0 aliphatic heterocycles. The Bertz CT molecular complexity index is 3820. The summed E-state index contributed by atoms with van der Waals surface area (Å²) < 4.78 is 4.67. The monoisotopic (exact) mass is 815 g/mol. The smallest absolute Gasteiger partial charge is 0.238 e. The highest BCUT2D eigenvalue weighted by Gasteiger charge is 2.21. The van der Waals surface area contributed by atoms with Crippen molar-refractivity contribution in [2.45, 2.75) is 0 Å². The van der Waals surface area contributed by atoms with Crippen LogP contribution in [0.1, 0.15) is 0 Å². The van der Waals surface area contributed by atoms with Crippen molar-refractivity contribution in [2.24, 2.45) is 0 Å². The molecule has 64 heavy (non-hydrogen) atoms. The second-order valence-corrected chi connectivity index (χ2v) is 16.5. The van der Waals surface area contributed by atoms with Gasteiger partial charge < -0.3 is 4.57 Å². The van der Waals surface area contributed by atoms with Gasteiger partial charge in [0.2, 0.25) is 5.95 Å². The van der Waals surface area contributed by atoms with Crippen molar-refractivity contribution in [3.05, 3.63) is 224 Å². The first kappa shape index (κ1) is 36.0. The van der Waals surface area contributed by atoms with Crippen molar-refractivity contribution >= 4 is 65.2 Å². The van der Waals surface area contributed by atoms with Gasteiger partial charge in [-0.25, -0.2) is 4.98 Å². The van der Waals surface area contributed by atoms with E-state index in [9.17, 15) is 0 Å². The zero-order valence-corrected chi connectivity index (χ0v) is 34.6. The van der Waals surface area contributed by atoms with E-state index in [1.54, 1.807) is 0 Å². The summed E-state index contributed by atoms with van der Waals surface area (Å²) in [5.74, 6) is 1.78. The van der Waals surface area contributed by atoms with Crippen molar-refractivity contribution < 1.29 is 0 Å². The minimum absolute atomic E-state index is 0.560. The zero-order chi connectivity index (χ0) is 42.1. The number of hydrogen-bond donors (Lipinski definition) is 0. The maximum atomic E-state index is 5.34. The Morgan fingerprint density at radius 1 is 0.266 bits per heavy atom. The van der Waals surface area contributed by atoms with E-state index in [4.69, 9.17) is 15.0 Å². The van der Waals surface area contributed by atoms with E-state index >= 15 is 0 Å². The second kappa shape index (κ2) is 14.5. The van der Waals surface area contributed by atoms with Gasteiger partial charge in [-0.15, -0.1) is 0 Å². The number of hydrogen-bond acceptors (Lipinski definition) is 3. The molecule has 0 N–H and O–H groups in total. The molecular weight excluding hydrogens is 779 g/mol. The molecule has 0 bridgehead atoms. The predicted molar refractivity (Wildman–Crippen MR) is 265 cm³/mol. The molecule has 0 aliphatic carbocycles. The van der Waals surface area contributed by atoms with E-state index in [1.807, 2.05) is 12.1 Å². The predicted octanol–water partition coefficient (Wildman–Crippen LogP) is 15.0. The van der Waals surface area contributed by atoms with E-state index < -0.39 is 0 Å². The highest BCUT2D eigenvalue weighted by atomic mass is 15.2. The molecule has 3 aromatic heterocycles. The van der Waals surface area contributed by atoms with E-state index in [1.165, 1.54) is 38.0 Å². The highest BCUT2D eigenvalue weighted by Crippen LogP contribution is 2.40. The fourth-order valence-corrected chi connectivity index (χ4v) is 9.65. The molecule has 3 heterocycles. The first-order chi connectivity index (χ1) is 31.7. The molecule has 5 heteroatoms. The summed E-state index contributed by atoms with van der Waals surface area (Å²) in [6, 6.07) is 79.9. The Morgan fingerprint density at radius 2 is 0.766 bits per heavy atom. The summed E-state index contributed by atoms with van der Waals surface area (Å²) in [7, 11) is 0. The molecule has 0 radical (unpaired) electrons. The molecule has 10 aromatic carbocycles. The molecule has 0 atom stereocenters. The van der Waals surface area contributed by atoms with Gasteiger partial charge in [0.25, 0.3) is 0 Å². The van der Waals surface area contributed by atoms with Crippen LogP contribution in [0.4, 0.5) is 0 Å². The van der Waals surface area contributed by atoms with Gasteiger partial charge >= 0.3 is 0 Å². The number of fused-ring (bicyclic) bond motifs is 9. The van der Waals surface area contributed by atoms with Gasteiger partial charge in [-0.2, -0.15) is 9.97 Å². The SMILES string of the molecule is c1ccc(-c2ccc(-c3nc(-c4ccc(-c5ccccc5)cc4)nc(-n4c5ccc(-n6c7ccccc7c7ccc8ccccc8c76)cc5c5cc6ccccc6cc54)n3)cc2)cc1. The molecule has 298 valence electrons. The van der Waals surface area contributed by atoms with Gasteiger partial charge in [0, 0.05) is 43.7 Å². The van der Waals surface area contributed by atoms with Crippen LogP contribution in [0.5, 0.6) is 0 Å². The summed E-state index contributed by atoms with van der Waals surface area (Å²) >= 11 is 0. The largest absolute Gasteiger partial charge is 0.309 e. The minimum atomic E-state index is 0.560. The third kappa shape index (κ3) is 5.83. The topological polar surface area (TPSA) is 48.5 Å². The molecule has 0 unspecified atom stereocenters. The quantitative estimate of drug-likeness (QED) is 0.168. The van der Waals surface area contributed by atoms with E-state index in [0.717, 1.165) is 66.3 Å². The number of nitrogens with zero attached hydrogens (tertiary/aromatic N) is 5. The van der Waals surface area contributed by atoms with E-state index in [0.29, 0.717) is 17.6 Å². The Morgan fingerprint density at radius 3 is 1.42 bits per heavy atom. The lowest BCUT2D eigenvalue weighted by Gasteiger charge is -2.13. The van der Waals surface area contributed by atoms with E-state index in [2.05, 4.69) is 221 Å². The van der Waals surface area contributed by atoms with Crippen molar-refractivity contribution in [2.75, 3.05) is 0 Å². The third-order valence-electron chi connectivity index (χ3n) is 12.8.